The van der Waals surface area contributed by atoms with Crippen molar-refractivity contribution in [2.24, 2.45) is 12.0 Å². The van der Waals surface area contributed by atoms with Crippen LogP contribution < -0.4 is 5.32 Å². The molecule has 1 atom stereocenters. The first-order chi connectivity index (χ1) is 13.0. The number of esters is 1. The molecule has 0 radical (unpaired) electrons. The lowest BCUT2D eigenvalue weighted by Crippen LogP contribution is -2.47. The summed E-state index contributed by atoms with van der Waals surface area (Å²) >= 11 is 0. The zero-order chi connectivity index (χ0) is 19.4. The van der Waals surface area contributed by atoms with Gasteiger partial charge in [0.2, 0.25) is 0 Å². The molecule has 1 aliphatic heterocycles. The molecule has 0 saturated carbocycles. The number of nitrogens with one attached hydrogen (secondary N) is 1. The number of hydrogen-bond donors (Lipinski definition) is 1. The summed E-state index contributed by atoms with van der Waals surface area (Å²) in [5.74, 6) is 1.53. The van der Waals surface area contributed by atoms with E-state index in [2.05, 4.69) is 20.3 Å². The maximum Gasteiger partial charge on any atom is 0.341 e. The second-order valence-electron chi connectivity index (χ2n) is 6.33. The summed E-state index contributed by atoms with van der Waals surface area (Å²) in [4.78, 5) is 18.2. The Kier molecular flexibility index (Phi) is 7.87. The van der Waals surface area contributed by atoms with Gasteiger partial charge >= 0.3 is 5.97 Å². The topological polar surface area (TPSA) is 94.1 Å². The average Bonchev–Trinajstić information content (AvgIpc) is 3.27. The van der Waals surface area contributed by atoms with E-state index in [1.54, 1.807) is 24.7 Å². The molecular formula is C18H26IN5O4. The van der Waals surface area contributed by atoms with Crippen molar-refractivity contribution in [2.45, 2.75) is 19.6 Å². The molecule has 1 aliphatic rings. The number of hydrogen-bond acceptors (Lipinski definition) is 6. The van der Waals surface area contributed by atoms with E-state index in [4.69, 9.17) is 13.9 Å². The quantitative estimate of drug-likeness (QED) is 0.295. The van der Waals surface area contributed by atoms with Gasteiger partial charge in [-0.05, 0) is 13.0 Å². The summed E-state index contributed by atoms with van der Waals surface area (Å²) < 4.78 is 18.0. The van der Waals surface area contributed by atoms with Crippen LogP contribution in [-0.4, -0.2) is 60.5 Å². The first-order valence-corrected chi connectivity index (χ1v) is 8.75. The van der Waals surface area contributed by atoms with Gasteiger partial charge in [0.25, 0.3) is 0 Å². The number of aryl methyl sites for hydroxylation is 2. The van der Waals surface area contributed by atoms with Crippen LogP contribution in [0.1, 0.15) is 33.5 Å². The Balaban J connectivity index is 0.00000280. The van der Waals surface area contributed by atoms with Crippen molar-refractivity contribution >= 4 is 35.9 Å². The van der Waals surface area contributed by atoms with Crippen molar-refractivity contribution < 1.29 is 18.7 Å². The maximum absolute atomic E-state index is 11.7. The fourth-order valence-electron chi connectivity index (χ4n) is 3.09. The van der Waals surface area contributed by atoms with Gasteiger partial charge in [0, 0.05) is 32.4 Å². The summed E-state index contributed by atoms with van der Waals surface area (Å²) in [6.45, 7) is 4.17. The molecular weight excluding hydrogens is 477 g/mol. The third-order valence-corrected chi connectivity index (χ3v) is 4.47. The molecule has 1 unspecified atom stereocenters. The lowest BCUT2D eigenvalue weighted by molar-refractivity contribution is -0.00807. The van der Waals surface area contributed by atoms with Crippen LogP contribution in [0.5, 0.6) is 0 Å². The molecule has 2 aromatic rings. The molecule has 1 saturated heterocycles. The van der Waals surface area contributed by atoms with Gasteiger partial charge in [0.05, 0.1) is 33.0 Å². The molecule has 1 N–H and O–H groups in total. The van der Waals surface area contributed by atoms with E-state index in [1.165, 1.54) is 7.11 Å². The number of carbonyl (C=O) groups is 1. The molecule has 154 valence electrons. The zero-order valence-electron chi connectivity index (χ0n) is 16.5. The molecule has 0 aliphatic carbocycles. The van der Waals surface area contributed by atoms with Crippen molar-refractivity contribution in [1.82, 2.24) is 20.0 Å². The summed E-state index contributed by atoms with van der Waals surface area (Å²) in [6, 6.07) is 1.69. The molecule has 0 spiro atoms. The van der Waals surface area contributed by atoms with Gasteiger partial charge < -0.3 is 24.1 Å². The van der Waals surface area contributed by atoms with Crippen LogP contribution in [0.2, 0.25) is 0 Å². The van der Waals surface area contributed by atoms with E-state index >= 15 is 0 Å². The number of guanidine groups is 1. The van der Waals surface area contributed by atoms with Gasteiger partial charge in [-0.2, -0.15) is 5.10 Å². The van der Waals surface area contributed by atoms with Gasteiger partial charge in [-0.3, -0.25) is 9.67 Å². The third kappa shape index (κ3) is 5.04. The van der Waals surface area contributed by atoms with Crippen molar-refractivity contribution in [1.29, 1.82) is 0 Å². The average molecular weight is 503 g/mol. The smallest absolute Gasteiger partial charge is 0.341 e. The molecule has 10 heteroatoms. The Bertz CT molecular complexity index is 832. The van der Waals surface area contributed by atoms with Crippen LogP contribution >= 0.6 is 24.0 Å². The summed E-state index contributed by atoms with van der Waals surface area (Å²) in [5.41, 5.74) is 1.48. The minimum Gasteiger partial charge on any atom is -0.465 e. The highest BCUT2D eigenvalue weighted by atomic mass is 127. The lowest BCUT2D eigenvalue weighted by atomic mass is 10.1. The van der Waals surface area contributed by atoms with Gasteiger partial charge in [-0.1, -0.05) is 0 Å². The van der Waals surface area contributed by atoms with E-state index in [-0.39, 0.29) is 30.1 Å². The number of rotatable bonds is 4. The summed E-state index contributed by atoms with van der Waals surface area (Å²) in [5, 5.41) is 7.50. The lowest BCUT2D eigenvalue weighted by Gasteiger charge is -2.34. The minimum absolute atomic E-state index is 0. The highest BCUT2D eigenvalue weighted by Crippen LogP contribution is 2.22. The van der Waals surface area contributed by atoms with Gasteiger partial charge in [0.1, 0.15) is 23.2 Å². The van der Waals surface area contributed by atoms with Crippen LogP contribution in [0.25, 0.3) is 0 Å². The Hall–Kier alpha value is -2.08. The number of halogens is 1. The van der Waals surface area contributed by atoms with E-state index in [0.717, 1.165) is 18.1 Å². The Morgan fingerprint density at radius 1 is 1.50 bits per heavy atom. The largest absolute Gasteiger partial charge is 0.465 e. The Labute approximate surface area is 181 Å². The number of furan rings is 1. The van der Waals surface area contributed by atoms with Crippen LogP contribution in [0.15, 0.2) is 27.9 Å². The highest BCUT2D eigenvalue weighted by molar-refractivity contribution is 14.0. The first-order valence-electron chi connectivity index (χ1n) is 8.75. The van der Waals surface area contributed by atoms with Gasteiger partial charge in [-0.15, -0.1) is 24.0 Å². The second kappa shape index (κ2) is 9.92. The van der Waals surface area contributed by atoms with E-state index in [9.17, 15) is 4.79 Å². The van der Waals surface area contributed by atoms with Gasteiger partial charge in [-0.25, -0.2) is 4.79 Å². The molecule has 0 amide bonds. The monoisotopic (exact) mass is 503 g/mol. The fourth-order valence-corrected chi connectivity index (χ4v) is 3.09. The predicted octanol–water partition coefficient (Wildman–Crippen LogP) is 1.88. The van der Waals surface area contributed by atoms with Crippen molar-refractivity contribution in [2.75, 3.05) is 33.9 Å². The van der Waals surface area contributed by atoms with Crippen molar-refractivity contribution in [3.05, 3.63) is 41.1 Å². The maximum atomic E-state index is 11.7. The van der Waals surface area contributed by atoms with E-state index < -0.39 is 5.97 Å². The Morgan fingerprint density at radius 3 is 2.93 bits per heavy atom. The summed E-state index contributed by atoms with van der Waals surface area (Å²) in [7, 11) is 4.98. The number of nitrogens with zero attached hydrogens (tertiary/aromatic N) is 4. The SMILES string of the molecule is CN=C(NCc1cc(C(=O)OC)c(C)o1)N1CCOC(c2cnn(C)c2)C1.I. The standard InChI is InChI=1S/C18H25N5O4.HI/c1-12-15(17(24)25-4)7-14(27-12)9-20-18(19-2)23-5-6-26-16(11-23)13-8-21-22(3)10-13;/h7-8,10,16H,5-6,9,11H2,1-4H3,(H,19,20);1H. The van der Waals surface area contributed by atoms with E-state index in [1.807, 2.05) is 19.4 Å². The van der Waals surface area contributed by atoms with Crippen LogP contribution in [-0.2, 0) is 23.1 Å². The molecule has 3 rings (SSSR count). The number of carbonyl (C=O) groups excluding carboxylic acids is 1. The van der Waals surface area contributed by atoms with Crippen LogP contribution in [0, 0.1) is 6.92 Å². The molecule has 0 bridgehead atoms. The molecule has 2 aromatic heterocycles. The predicted molar refractivity (Wildman–Crippen MR) is 114 cm³/mol. The molecule has 0 aromatic carbocycles. The number of methoxy groups -OCH3 is 1. The number of morpholine rings is 1. The fraction of sp³-hybridized carbons (Fsp3) is 0.500. The molecule has 3 heterocycles. The number of aliphatic imine (C=N–C) groups is 1. The normalized spacial score (nSPS) is 17.2. The molecule has 1 fully saturated rings. The second-order valence-corrected chi connectivity index (χ2v) is 6.33. The number of aromatic nitrogens is 2. The minimum atomic E-state index is -0.403. The van der Waals surface area contributed by atoms with Gasteiger partial charge in [0.15, 0.2) is 5.96 Å². The van der Waals surface area contributed by atoms with Crippen LogP contribution in [0.3, 0.4) is 0 Å². The number of ether oxygens (including phenoxy) is 2. The van der Waals surface area contributed by atoms with Crippen molar-refractivity contribution in [3.63, 3.8) is 0 Å². The van der Waals surface area contributed by atoms with Crippen molar-refractivity contribution in [3.8, 4) is 0 Å². The molecule has 28 heavy (non-hydrogen) atoms. The van der Waals surface area contributed by atoms with E-state index in [0.29, 0.717) is 36.8 Å². The first kappa shape index (κ1) is 22.2. The van der Waals surface area contributed by atoms with Crippen LogP contribution in [0.4, 0.5) is 0 Å². The zero-order valence-corrected chi connectivity index (χ0v) is 18.8. The molecule has 9 nitrogen and oxygen atoms in total. The summed E-state index contributed by atoms with van der Waals surface area (Å²) in [6.07, 6.45) is 3.73. The highest BCUT2D eigenvalue weighted by Gasteiger charge is 2.25. The third-order valence-electron chi connectivity index (χ3n) is 4.47. The Morgan fingerprint density at radius 2 is 2.29 bits per heavy atom.